The third-order valence-corrected chi connectivity index (χ3v) is 6.28. The number of thiazole rings is 1. The first kappa shape index (κ1) is 22.9. The first-order valence-corrected chi connectivity index (χ1v) is 11.0. The van der Waals surface area contributed by atoms with Gasteiger partial charge < -0.3 is 25.3 Å². The summed E-state index contributed by atoms with van der Waals surface area (Å²) in [5.41, 5.74) is 0.927. The number of nitrogens with zero attached hydrogens (tertiary/aromatic N) is 6. The normalized spacial score (nSPS) is 17.6. The largest absolute Gasteiger partial charge is 0.479 e. The minimum atomic E-state index is -2.00. The zero-order chi connectivity index (χ0) is 23.6. The molecule has 12 heteroatoms. The fraction of sp³-hybridized carbons (Fsp3) is 0.333. The maximum Gasteiger partial charge on any atom is 0.347 e. The lowest BCUT2D eigenvalue weighted by molar-refractivity contribution is -0.629. The van der Waals surface area contributed by atoms with Crippen LogP contribution in [0.2, 0.25) is 0 Å². The van der Waals surface area contributed by atoms with E-state index in [0.29, 0.717) is 45.8 Å². The van der Waals surface area contributed by atoms with Crippen molar-refractivity contribution in [2.24, 2.45) is 17.3 Å². The fourth-order valence-electron chi connectivity index (χ4n) is 3.46. The first-order chi connectivity index (χ1) is 15.8. The average molecular weight is 472 g/mol. The molecule has 4 N–H and O–H groups in total. The van der Waals surface area contributed by atoms with E-state index in [1.54, 1.807) is 23.7 Å². The van der Waals surface area contributed by atoms with Crippen molar-refractivity contribution < 1.29 is 29.8 Å². The number of carboxylic acid groups (broad SMARTS) is 1. The number of anilines is 1. The van der Waals surface area contributed by atoms with Crippen molar-refractivity contribution >= 4 is 50.4 Å². The number of aliphatic hydroxyl groups is 3. The van der Waals surface area contributed by atoms with Gasteiger partial charge in [-0.05, 0) is 47.8 Å². The quantitative estimate of drug-likeness (QED) is 0.281. The number of rotatable bonds is 8. The number of aliphatic carboxylic acids is 1. The Labute approximate surface area is 192 Å². The van der Waals surface area contributed by atoms with Gasteiger partial charge in [-0.1, -0.05) is 5.11 Å². The third kappa shape index (κ3) is 4.59. The molecule has 1 aromatic carbocycles. The Morgan fingerprint density at radius 1 is 1.18 bits per heavy atom. The summed E-state index contributed by atoms with van der Waals surface area (Å²) in [6.45, 7) is 0.811. The molecule has 172 valence electrons. The van der Waals surface area contributed by atoms with Crippen LogP contribution in [0.15, 0.2) is 40.6 Å². The molecule has 3 aromatic rings. The maximum atomic E-state index is 11.4. The van der Waals surface area contributed by atoms with Crippen LogP contribution in [-0.2, 0) is 18.3 Å². The summed E-state index contributed by atoms with van der Waals surface area (Å²) in [6, 6.07) is 7.27. The molecule has 11 nitrogen and oxygen atoms in total. The molecule has 0 spiro atoms. The van der Waals surface area contributed by atoms with Crippen LogP contribution in [0.1, 0.15) is 11.4 Å². The van der Waals surface area contributed by atoms with Crippen LogP contribution in [0, 0.1) is 0 Å². The van der Waals surface area contributed by atoms with Crippen molar-refractivity contribution in [2.75, 3.05) is 31.2 Å². The van der Waals surface area contributed by atoms with Crippen molar-refractivity contribution in [3.63, 3.8) is 0 Å². The van der Waals surface area contributed by atoms with E-state index >= 15 is 0 Å². The van der Waals surface area contributed by atoms with Gasteiger partial charge in [-0.3, -0.25) is 0 Å². The van der Waals surface area contributed by atoms with Crippen molar-refractivity contribution in [3.05, 3.63) is 41.7 Å². The molecule has 0 saturated carbocycles. The molecular weight excluding hydrogens is 448 g/mol. The number of carboxylic acids is 1. The second kappa shape index (κ2) is 9.27. The van der Waals surface area contributed by atoms with Gasteiger partial charge >= 0.3 is 11.1 Å². The monoisotopic (exact) mass is 471 g/mol. The highest BCUT2D eigenvalue weighted by Gasteiger charge is 2.39. The van der Waals surface area contributed by atoms with E-state index < -0.39 is 11.6 Å². The molecule has 2 aromatic heterocycles. The second-order valence-corrected chi connectivity index (χ2v) is 8.47. The van der Waals surface area contributed by atoms with Crippen LogP contribution in [0.3, 0.4) is 0 Å². The van der Waals surface area contributed by atoms with Crippen LogP contribution in [-0.4, -0.2) is 68.3 Å². The number of aliphatic hydroxyl groups excluding tert-OH is 2. The SMILES string of the molecule is C[n+]1c(N=Nc2ccc(N(CCO)CCO)cc2)sc2nc3c(nc21)CC(O)(C(=O)O)C=C3. The molecule has 0 saturated heterocycles. The lowest BCUT2D eigenvalue weighted by Crippen LogP contribution is -2.41. The van der Waals surface area contributed by atoms with Gasteiger partial charge in [-0.25, -0.2) is 14.3 Å². The summed E-state index contributed by atoms with van der Waals surface area (Å²) in [5, 5.41) is 47.0. The molecular formula is C21H23N6O5S+. The highest BCUT2D eigenvalue weighted by atomic mass is 32.1. The van der Waals surface area contributed by atoms with E-state index in [2.05, 4.69) is 20.2 Å². The number of carbonyl (C=O) groups is 1. The zero-order valence-electron chi connectivity index (χ0n) is 17.8. The predicted molar refractivity (Wildman–Crippen MR) is 121 cm³/mol. The van der Waals surface area contributed by atoms with Gasteiger partial charge in [-0.2, -0.15) is 0 Å². The molecule has 1 unspecified atom stereocenters. The van der Waals surface area contributed by atoms with Crippen molar-refractivity contribution in [3.8, 4) is 0 Å². The topological polar surface area (TPSA) is 156 Å². The van der Waals surface area contributed by atoms with E-state index in [9.17, 15) is 25.2 Å². The van der Waals surface area contributed by atoms with E-state index in [0.717, 1.165) is 5.69 Å². The molecule has 0 amide bonds. The number of aromatic nitrogens is 3. The molecule has 0 aliphatic heterocycles. The smallest absolute Gasteiger partial charge is 0.347 e. The van der Waals surface area contributed by atoms with Gasteiger partial charge in [-0.15, -0.1) is 4.98 Å². The van der Waals surface area contributed by atoms with E-state index in [1.165, 1.54) is 23.5 Å². The number of hydrogen-bond acceptors (Lipinski definition) is 10. The van der Waals surface area contributed by atoms with Crippen molar-refractivity contribution in [2.45, 2.75) is 12.0 Å². The number of benzene rings is 1. The molecule has 2 heterocycles. The highest BCUT2D eigenvalue weighted by molar-refractivity contribution is 7.20. The zero-order valence-corrected chi connectivity index (χ0v) is 18.6. The fourth-order valence-corrected chi connectivity index (χ4v) is 4.36. The van der Waals surface area contributed by atoms with Crippen molar-refractivity contribution in [1.82, 2.24) is 9.97 Å². The first-order valence-electron chi connectivity index (χ1n) is 10.2. The maximum absolute atomic E-state index is 11.4. The van der Waals surface area contributed by atoms with Crippen molar-refractivity contribution in [1.29, 1.82) is 0 Å². The molecule has 0 fully saturated rings. The summed E-state index contributed by atoms with van der Waals surface area (Å²) in [7, 11) is 1.76. The van der Waals surface area contributed by atoms with Gasteiger partial charge in [0.2, 0.25) is 0 Å². The van der Waals surface area contributed by atoms with E-state index in [1.807, 2.05) is 17.0 Å². The van der Waals surface area contributed by atoms with Crippen LogP contribution in [0.4, 0.5) is 16.5 Å². The van der Waals surface area contributed by atoms with Crippen LogP contribution >= 0.6 is 11.3 Å². The Hall–Kier alpha value is -3.32. The molecule has 0 radical (unpaired) electrons. The van der Waals surface area contributed by atoms with Crippen LogP contribution in [0.25, 0.3) is 16.6 Å². The lowest BCUT2D eigenvalue weighted by Gasteiger charge is -2.22. The summed E-state index contributed by atoms with van der Waals surface area (Å²) in [6.07, 6.45) is 2.52. The van der Waals surface area contributed by atoms with Gasteiger partial charge in [0.15, 0.2) is 10.4 Å². The standard InChI is InChI=1S/C21H22N6O5S/c1-26-17-18(23-15-6-7-21(32,19(30)31)12-16(15)22-17)33-20(26)25-24-13-2-4-14(5-3-13)27(8-10-28)9-11-29/h2-7,28-29,32H,8-12H2,1H3/p+1. The van der Waals surface area contributed by atoms with E-state index in [4.69, 9.17) is 0 Å². The summed E-state index contributed by atoms with van der Waals surface area (Å²) < 4.78 is 1.72. The average Bonchev–Trinajstić information content (AvgIpc) is 3.11. The highest BCUT2D eigenvalue weighted by Crippen LogP contribution is 2.30. The molecule has 33 heavy (non-hydrogen) atoms. The molecule has 0 bridgehead atoms. The molecule has 1 atom stereocenters. The van der Waals surface area contributed by atoms with Crippen LogP contribution in [0.5, 0.6) is 0 Å². The Morgan fingerprint density at radius 3 is 2.52 bits per heavy atom. The van der Waals surface area contributed by atoms with E-state index in [-0.39, 0.29) is 19.6 Å². The number of aryl methyl sites for hydroxylation is 1. The van der Waals surface area contributed by atoms with Gasteiger partial charge in [0.1, 0.15) is 17.1 Å². The van der Waals surface area contributed by atoms with Crippen LogP contribution < -0.4 is 9.47 Å². The minimum Gasteiger partial charge on any atom is -0.479 e. The molecule has 1 aliphatic rings. The number of azo groups is 1. The Morgan fingerprint density at radius 2 is 1.88 bits per heavy atom. The second-order valence-electron chi connectivity index (χ2n) is 7.52. The Balaban J connectivity index is 1.58. The van der Waals surface area contributed by atoms with Gasteiger partial charge in [0.05, 0.1) is 26.7 Å². The predicted octanol–water partition coefficient (Wildman–Crippen LogP) is 1.11. The summed E-state index contributed by atoms with van der Waals surface area (Å²) >= 11 is 1.30. The Kier molecular flexibility index (Phi) is 6.42. The number of hydrogen-bond donors (Lipinski definition) is 4. The van der Waals surface area contributed by atoms with Gasteiger partial charge in [0, 0.05) is 23.9 Å². The summed E-state index contributed by atoms with van der Waals surface area (Å²) in [4.78, 5) is 22.9. The lowest BCUT2D eigenvalue weighted by atomic mass is 9.91. The number of fused-ring (bicyclic) bond motifs is 2. The summed E-state index contributed by atoms with van der Waals surface area (Å²) in [5.74, 6) is -1.34. The minimum absolute atomic E-state index is 0.0131. The third-order valence-electron chi connectivity index (χ3n) is 5.27. The Bertz CT molecular complexity index is 1240. The molecule has 1 aliphatic carbocycles. The van der Waals surface area contributed by atoms with Gasteiger partial charge in [0.25, 0.3) is 5.65 Å². The molecule has 4 rings (SSSR count).